The number of fused-ring (bicyclic) bond motifs is 1. The Hall–Kier alpha value is -4.30. The Morgan fingerprint density at radius 1 is 1.32 bits per heavy atom. The van der Waals surface area contributed by atoms with E-state index in [0.29, 0.717) is 18.7 Å². The van der Waals surface area contributed by atoms with Gasteiger partial charge in [0.1, 0.15) is 29.6 Å². The largest absolute Gasteiger partial charge is 0.489 e. The number of aromatic nitrogens is 5. The van der Waals surface area contributed by atoms with E-state index < -0.39 is 5.82 Å². The molecule has 0 radical (unpaired) electrons. The minimum Gasteiger partial charge on any atom is -0.489 e. The zero-order valence-electron chi connectivity index (χ0n) is 20.4. The lowest BCUT2D eigenvalue weighted by molar-refractivity contribution is 0.0866. The van der Waals surface area contributed by atoms with Crippen LogP contribution in [0.2, 0.25) is 0 Å². The fourth-order valence-electron chi connectivity index (χ4n) is 4.71. The molecular formula is C26H27FN8O2. The number of carbonyl (C=O) groups excluding carboxylic acids is 1. The summed E-state index contributed by atoms with van der Waals surface area (Å²) in [6.45, 7) is 2.21. The van der Waals surface area contributed by atoms with Gasteiger partial charge in [0.2, 0.25) is 0 Å². The quantitative estimate of drug-likeness (QED) is 0.379. The van der Waals surface area contributed by atoms with Crippen molar-refractivity contribution in [2.24, 2.45) is 0 Å². The standard InChI is InChI=1S/C26H27FN8O2/c1-29-26(36)22-12-18(27)2-3-23(22)37-20-6-10-34(11-7-20)15-19(4-8-28)35-14-17(13-33-35)24-21-5-9-30-25(21)32-16-31-24/h2-3,5,9,12-14,16,19-20H,4,6-7,10-11,15H2,1H3,(H,29,36)(H,30,31,32). The number of carbonyl (C=O) groups is 1. The molecule has 1 atom stereocenters. The van der Waals surface area contributed by atoms with Gasteiger partial charge in [-0.3, -0.25) is 9.48 Å². The van der Waals surface area contributed by atoms with E-state index in [0.717, 1.165) is 48.2 Å². The Labute approximate surface area is 213 Å². The van der Waals surface area contributed by atoms with Crippen molar-refractivity contribution in [1.82, 2.24) is 34.9 Å². The molecule has 0 bridgehead atoms. The third-order valence-electron chi connectivity index (χ3n) is 6.64. The minimum absolute atomic E-state index is 0.0858. The zero-order valence-corrected chi connectivity index (χ0v) is 20.4. The van der Waals surface area contributed by atoms with E-state index in [1.807, 2.05) is 23.1 Å². The zero-order chi connectivity index (χ0) is 25.8. The molecule has 0 aliphatic carbocycles. The van der Waals surface area contributed by atoms with Crippen molar-refractivity contribution in [2.45, 2.75) is 31.4 Å². The molecule has 1 saturated heterocycles. The van der Waals surface area contributed by atoms with Crippen molar-refractivity contribution in [3.8, 4) is 23.1 Å². The lowest BCUT2D eigenvalue weighted by atomic mass is 10.1. The summed E-state index contributed by atoms with van der Waals surface area (Å²) in [7, 11) is 1.50. The van der Waals surface area contributed by atoms with E-state index in [-0.39, 0.29) is 23.6 Å². The van der Waals surface area contributed by atoms with Gasteiger partial charge in [-0.2, -0.15) is 10.4 Å². The van der Waals surface area contributed by atoms with Gasteiger partial charge >= 0.3 is 0 Å². The van der Waals surface area contributed by atoms with Gasteiger partial charge in [-0.05, 0) is 37.1 Å². The van der Waals surface area contributed by atoms with Gasteiger partial charge in [-0.1, -0.05) is 0 Å². The number of H-pyrrole nitrogens is 1. The summed E-state index contributed by atoms with van der Waals surface area (Å²) in [6, 6.07) is 8.10. The third kappa shape index (κ3) is 5.29. The number of nitrogens with one attached hydrogen (secondary N) is 2. The fourth-order valence-corrected chi connectivity index (χ4v) is 4.71. The van der Waals surface area contributed by atoms with Gasteiger partial charge in [0, 0.05) is 50.0 Å². The molecule has 1 fully saturated rings. The molecule has 0 saturated carbocycles. The van der Waals surface area contributed by atoms with Crippen molar-refractivity contribution >= 4 is 16.9 Å². The SMILES string of the molecule is CNC(=O)c1cc(F)ccc1OC1CCN(CC(CC#N)n2cc(-c3ncnc4[nH]ccc34)cn2)CC1. The van der Waals surface area contributed by atoms with Gasteiger partial charge in [-0.25, -0.2) is 14.4 Å². The molecule has 190 valence electrons. The number of halogens is 1. The molecule has 37 heavy (non-hydrogen) atoms. The molecule has 1 aliphatic rings. The molecule has 5 rings (SSSR count). The van der Waals surface area contributed by atoms with Crippen LogP contribution in [0.4, 0.5) is 4.39 Å². The van der Waals surface area contributed by atoms with Crippen molar-refractivity contribution in [1.29, 1.82) is 5.26 Å². The maximum Gasteiger partial charge on any atom is 0.254 e. The number of nitriles is 1. The number of piperidine rings is 1. The molecule has 11 heteroatoms. The molecule has 10 nitrogen and oxygen atoms in total. The smallest absolute Gasteiger partial charge is 0.254 e. The summed E-state index contributed by atoms with van der Waals surface area (Å²) in [6.07, 6.45) is 8.79. The highest BCUT2D eigenvalue weighted by atomic mass is 19.1. The van der Waals surface area contributed by atoms with Crippen LogP contribution in [0.15, 0.2) is 49.2 Å². The molecular weight excluding hydrogens is 475 g/mol. The molecule has 4 aromatic rings. The molecule has 1 aromatic carbocycles. The highest BCUT2D eigenvalue weighted by Crippen LogP contribution is 2.27. The number of likely N-dealkylation sites (tertiary alicyclic amines) is 1. The van der Waals surface area contributed by atoms with Gasteiger partial charge < -0.3 is 19.9 Å². The molecule has 1 aliphatic heterocycles. The second kappa shape index (κ2) is 10.8. The number of rotatable bonds is 8. The Kier molecular flexibility index (Phi) is 7.09. The average molecular weight is 503 g/mol. The molecule has 1 unspecified atom stereocenters. The number of benzene rings is 1. The number of aromatic amines is 1. The second-order valence-corrected chi connectivity index (χ2v) is 9.02. The van der Waals surface area contributed by atoms with E-state index in [1.54, 1.807) is 6.20 Å². The molecule has 4 heterocycles. The predicted octanol–water partition coefficient (Wildman–Crippen LogP) is 3.32. The van der Waals surface area contributed by atoms with Crippen LogP contribution in [0.3, 0.4) is 0 Å². The van der Waals surface area contributed by atoms with Crippen LogP contribution in [0.25, 0.3) is 22.3 Å². The average Bonchev–Trinajstić information content (AvgIpc) is 3.60. The summed E-state index contributed by atoms with van der Waals surface area (Å²) in [5.41, 5.74) is 2.62. The third-order valence-corrected chi connectivity index (χ3v) is 6.64. The summed E-state index contributed by atoms with van der Waals surface area (Å²) in [5, 5.41) is 17.5. The topological polar surface area (TPSA) is 125 Å². The maximum atomic E-state index is 13.7. The van der Waals surface area contributed by atoms with Crippen molar-refractivity contribution < 1.29 is 13.9 Å². The van der Waals surface area contributed by atoms with E-state index in [2.05, 4.69) is 36.3 Å². The molecule has 1 amide bonds. The van der Waals surface area contributed by atoms with Crippen LogP contribution in [0.1, 0.15) is 35.7 Å². The first kappa shape index (κ1) is 24.4. The Balaban J connectivity index is 1.23. The van der Waals surface area contributed by atoms with E-state index in [9.17, 15) is 14.4 Å². The Morgan fingerprint density at radius 2 is 2.16 bits per heavy atom. The normalized spacial score (nSPS) is 15.4. The Morgan fingerprint density at radius 3 is 2.95 bits per heavy atom. The van der Waals surface area contributed by atoms with E-state index in [4.69, 9.17) is 4.74 Å². The molecule has 3 aromatic heterocycles. The van der Waals surface area contributed by atoms with Gasteiger partial charge in [0.25, 0.3) is 5.91 Å². The molecule has 2 N–H and O–H groups in total. The van der Waals surface area contributed by atoms with E-state index in [1.165, 1.54) is 31.6 Å². The van der Waals surface area contributed by atoms with Crippen LogP contribution in [0.5, 0.6) is 5.75 Å². The Bertz CT molecular complexity index is 1430. The first-order chi connectivity index (χ1) is 18.1. The highest BCUT2D eigenvalue weighted by Gasteiger charge is 2.25. The summed E-state index contributed by atoms with van der Waals surface area (Å²) in [4.78, 5) is 26.2. The van der Waals surface area contributed by atoms with Gasteiger partial charge in [0.05, 0.1) is 36.0 Å². The van der Waals surface area contributed by atoms with Crippen molar-refractivity contribution in [2.75, 3.05) is 26.7 Å². The van der Waals surface area contributed by atoms with Gasteiger partial charge in [0.15, 0.2) is 0 Å². The predicted molar refractivity (Wildman–Crippen MR) is 134 cm³/mol. The minimum atomic E-state index is -0.483. The van der Waals surface area contributed by atoms with Crippen LogP contribution in [0, 0.1) is 17.1 Å². The first-order valence-electron chi connectivity index (χ1n) is 12.2. The lowest BCUT2D eigenvalue weighted by Gasteiger charge is -2.34. The van der Waals surface area contributed by atoms with E-state index >= 15 is 0 Å². The van der Waals surface area contributed by atoms with Gasteiger partial charge in [-0.15, -0.1) is 0 Å². The molecule has 0 spiro atoms. The number of hydrogen-bond donors (Lipinski definition) is 2. The van der Waals surface area contributed by atoms with Crippen molar-refractivity contribution in [3.63, 3.8) is 0 Å². The van der Waals surface area contributed by atoms with Crippen molar-refractivity contribution in [3.05, 3.63) is 60.6 Å². The summed E-state index contributed by atoms with van der Waals surface area (Å²) >= 11 is 0. The van der Waals surface area contributed by atoms with Crippen LogP contribution >= 0.6 is 0 Å². The van der Waals surface area contributed by atoms with Crippen LogP contribution in [-0.4, -0.2) is 68.3 Å². The highest BCUT2D eigenvalue weighted by molar-refractivity contribution is 5.96. The summed E-state index contributed by atoms with van der Waals surface area (Å²) < 4.78 is 21.6. The fraction of sp³-hybridized carbons (Fsp3) is 0.346. The number of ether oxygens (including phenoxy) is 1. The maximum absolute atomic E-state index is 13.7. The lowest BCUT2D eigenvalue weighted by Crippen LogP contribution is -2.41. The number of hydrogen-bond acceptors (Lipinski definition) is 7. The monoisotopic (exact) mass is 502 g/mol. The number of amides is 1. The van der Waals surface area contributed by atoms with Crippen LogP contribution in [-0.2, 0) is 0 Å². The number of nitrogens with zero attached hydrogens (tertiary/aromatic N) is 6. The summed E-state index contributed by atoms with van der Waals surface area (Å²) in [5.74, 6) is -0.487. The first-order valence-corrected chi connectivity index (χ1v) is 12.2. The second-order valence-electron chi connectivity index (χ2n) is 9.02. The van der Waals surface area contributed by atoms with Crippen LogP contribution < -0.4 is 10.1 Å².